The van der Waals surface area contributed by atoms with Gasteiger partial charge in [-0.1, -0.05) is 17.7 Å². The number of carbonyl (C=O) groups is 3. The smallest absolute Gasteiger partial charge is 0.130 e. The summed E-state index contributed by atoms with van der Waals surface area (Å²) in [5, 5.41) is 34.0. The third-order valence-corrected chi connectivity index (χ3v) is 4.07. The molecule has 1 heterocycles. The van der Waals surface area contributed by atoms with Crippen LogP contribution in [0, 0.1) is 11.8 Å². The Morgan fingerprint density at radius 2 is 1.77 bits per heavy atom. The van der Waals surface area contributed by atoms with Crippen molar-refractivity contribution in [1.29, 1.82) is 0 Å². The largest absolute Gasteiger partial charge is 0.550 e. The van der Waals surface area contributed by atoms with Gasteiger partial charge in [0, 0.05) is 17.8 Å². The standard InChI is InChI=1S/C15H21NO6/c1-8(4-3-5-9(2)14(19)20)11-7-16-13(15(21)22)10(11)6-12(17)18/h4-5,10-11,13,16H,3,6-7H2,1-2H3,(H,17,18)(H,19,20)(H,21,22)/p-2/b8-4-,9-5+/t10-,11+,13-/m0/s1. The lowest BCUT2D eigenvalue weighted by Crippen LogP contribution is -2.90. The first-order valence-corrected chi connectivity index (χ1v) is 7.02. The average molecular weight is 309 g/mol. The molecule has 1 saturated heterocycles. The number of hydrogen-bond donors (Lipinski definition) is 1. The number of quaternary nitrogens is 1. The van der Waals surface area contributed by atoms with Gasteiger partial charge in [0.25, 0.3) is 0 Å². The maximum absolute atomic E-state index is 11.1. The SMILES string of the molecule is C/C(=C/C/C=C(\C)C(=O)[O-])[C@H]1C[NH2+][C@H](C(=O)[O-])[C@H]1CC(=O)[O-]. The molecule has 1 fully saturated rings. The van der Waals surface area contributed by atoms with Crippen molar-refractivity contribution in [3.63, 3.8) is 0 Å². The first-order valence-electron chi connectivity index (χ1n) is 7.02. The van der Waals surface area contributed by atoms with Gasteiger partial charge in [0.15, 0.2) is 0 Å². The second kappa shape index (κ2) is 7.74. The van der Waals surface area contributed by atoms with Crippen molar-refractivity contribution < 1.29 is 35.0 Å². The van der Waals surface area contributed by atoms with E-state index in [1.54, 1.807) is 18.3 Å². The fraction of sp³-hybridized carbons (Fsp3) is 0.533. The van der Waals surface area contributed by atoms with E-state index < -0.39 is 29.9 Å². The van der Waals surface area contributed by atoms with Gasteiger partial charge < -0.3 is 35.0 Å². The number of carbonyl (C=O) groups excluding carboxylic acids is 3. The highest BCUT2D eigenvalue weighted by Gasteiger charge is 2.41. The number of hydrogen-bond acceptors (Lipinski definition) is 6. The number of allylic oxidation sites excluding steroid dienone is 2. The first kappa shape index (κ1) is 17.9. The number of carboxylic acid groups (broad SMARTS) is 3. The minimum absolute atomic E-state index is 0.112. The molecule has 0 amide bonds. The van der Waals surface area contributed by atoms with Gasteiger partial charge in [0.2, 0.25) is 0 Å². The van der Waals surface area contributed by atoms with Crippen molar-refractivity contribution in [3.8, 4) is 0 Å². The molecule has 0 aromatic rings. The van der Waals surface area contributed by atoms with E-state index in [0.717, 1.165) is 5.57 Å². The monoisotopic (exact) mass is 309 g/mol. The molecule has 22 heavy (non-hydrogen) atoms. The summed E-state index contributed by atoms with van der Waals surface area (Å²) in [6.07, 6.45) is 3.27. The zero-order chi connectivity index (χ0) is 16.9. The number of rotatable bonds is 7. The van der Waals surface area contributed by atoms with Crippen LogP contribution in [0.3, 0.4) is 0 Å². The quantitative estimate of drug-likeness (QED) is 0.377. The molecule has 7 nitrogen and oxygen atoms in total. The normalized spacial score (nSPS) is 26.0. The average Bonchev–Trinajstić information content (AvgIpc) is 2.81. The van der Waals surface area contributed by atoms with E-state index in [2.05, 4.69) is 0 Å². The lowest BCUT2D eigenvalue weighted by molar-refractivity contribution is -0.668. The maximum atomic E-state index is 11.1. The van der Waals surface area contributed by atoms with Crippen LogP contribution in [0.2, 0.25) is 0 Å². The van der Waals surface area contributed by atoms with Crippen LogP contribution >= 0.6 is 0 Å². The van der Waals surface area contributed by atoms with Gasteiger partial charge in [-0.15, -0.1) is 0 Å². The third-order valence-electron chi connectivity index (χ3n) is 4.07. The number of aliphatic carboxylic acids is 3. The molecule has 122 valence electrons. The topological polar surface area (TPSA) is 137 Å². The summed E-state index contributed by atoms with van der Waals surface area (Å²) >= 11 is 0. The van der Waals surface area contributed by atoms with Gasteiger partial charge in [-0.25, -0.2) is 0 Å². The van der Waals surface area contributed by atoms with Crippen LogP contribution in [-0.4, -0.2) is 30.5 Å². The minimum Gasteiger partial charge on any atom is -0.550 e. The Morgan fingerprint density at radius 1 is 1.14 bits per heavy atom. The van der Waals surface area contributed by atoms with Crippen LogP contribution in [0.15, 0.2) is 23.3 Å². The summed E-state index contributed by atoms with van der Waals surface area (Å²) < 4.78 is 0. The lowest BCUT2D eigenvalue weighted by Gasteiger charge is -2.22. The van der Waals surface area contributed by atoms with Crippen molar-refractivity contribution >= 4 is 17.9 Å². The molecule has 0 spiro atoms. The van der Waals surface area contributed by atoms with E-state index in [4.69, 9.17) is 0 Å². The van der Waals surface area contributed by atoms with Gasteiger partial charge in [-0.05, 0) is 32.3 Å². The van der Waals surface area contributed by atoms with Crippen LogP contribution in [0.4, 0.5) is 0 Å². The molecular weight excluding hydrogens is 290 g/mol. The Hall–Kier alpha value is -2.15. The molecule has 1 aliphatic heterocycles. The molecule has 0 aromatic heterocycles. The second-order valence-corrected chi connectivity index (χ2v) is 5.52. The lowest BCUT2D eigenvalue weighted by atomic mass is 9.83. The van der Waals surface area contributed by atoms with Crippen LogP contribution < -0.4 is 20.6 Å². The highest BCUT2D eigenvalue weighted by molar-refractivity contribution is 5.83. The zero-order valence-corrected chi connectivity index (χ0v) is 12.5. The van der Waals surface area contributed by atoms with E-state index in [9.17, 15) is 29.7 Å². The summed E-state index contributed by atoms with van der Waals surface area (Å²) in [7, 11) is 0. The van der Waals surface area contributed by atoms with E-state index in [1.807, 2.05) is 0 Å². The molecule has 0 saturated carbocycles. The molecule has 0 radical (unpaired) electrons. The summed E-state index contributed by atoms with van der Waals surface area (Å²) in [6.45, 7) is 3.65. The molecule has 0 aliphatic carbocycles. The van der Waals surface area contributed by atoms with Crippen molar-refractivity contribution in [1.82, 2.24) is 0 Å². The van der Waals surface area contributed by atoms with Crippen LogP contribution in [0.5, 0.6) is 0 Å². The number of nitrogens with two attached hydrogens (primary N) is 1. The molecule has 1 rings (SSSR count). The predicted molar refractivity (Wildman–Crippen MR) is 69.3 cm³/mol. The summed E-state index contributed by atoms with van der Waals surface area (Å²) in [5.41, 5.74) is 0.939. The Bertz CT molecular complexity index is 522. The summed E-state index contributed by atoms with van der Waals surface area (Å²) in [4.78, 5) is 32.5. The maximum Gasteiger partial charge on any atom is 0.130 e. The van der Waals surface area contributed by atoms with Crippen LogP contribution in [-0.2, 0) is 14.4 Å². The van der Waals surface area contributed by atoms with Gasteiger partial charge in [0.1, 0.15) is 6.04 Å². The van der Waals surface area contributed by atoms with Crippen LogP contribution in [0.25, 0.3) is 0 Å². The zero-order valence-electron chi connectivity index (χ0n) is 12.5. The Balaban J connectivity index is 2.83. The van der Waals surface area contributed by atoms with Gasteiger partial charge in [-0.3, -0.25) is 0 Å². The fourth-order valence-electron chi connectivity index (χ4n) is 2.81. The van der Waals surface area contributed by atoms with Gasteiger partial charge in [-0.2, -0.15) is 0 Å². The molecule has 1 aliphatic rings. The summed E-state index contributed by atoms with van der Waals surface area (Å²) in [6, 6.07) is -0.910. The highest BCUT2D eigenvalue weighted by Crippen LogP contribution is 2.28. The predicted octanol–water partition coefficient (Wildman–Crippen LogP) is -3.91. The molecular formula is C15H19NO6-2. The third kappa shape index (κ3) is 4.70. The van der Waals surface area contributed by atoms with Gasteiger partial charge >= 0.3 is 0 Å². The Labute approximate surface area is 128 Å². The minimum atomic E-state index is -1.29. The van der Waals surface area contributed by atoms with Crippen molar-refractivity contribution in [3.05, 3.63) is 23.3 Å². The van der Waals surface area contributed by atoms with E-state index in [1.165, 1.54) is 13.0 Å². The molecule has 2 N–H and O–H groups in total. The van der Waals surface area contributed by atoms with Crippen molar-refractivity contribution in [2.75, 3.05) is 6.54 Å². The highest BCUT2D eigenvalue weighted by atomic mass is 16.4. The fourth-order valence-corrected chi connectivity index (χ4v) is 2.81. The van der Waals surface area contributed by atoms with Gasteiger partial charge in [0.05, 0.1) is 18.5 Å². The molecule has 0 bridgehead atoms. The van der Waals surface area contributed by atoms with E-state index >= 15 is 0 Å². The van der Waals surface area contributed by atoms with Crippen molar-refractivity contribution in [2.45, 2.75) is 32.7 Å². The number of carboxylic acids is 3. The first-order chi connectivity index (χ1) is 10.2. The van der Waals surface area contributed by atoms with Crippen molar-refractivity contribution in [2.24, 2.45) is 11.8 Å². The van der Waals surface area contributed by atoms with E-state index in [-0.39, 0.29) is 17.9 Å². The van der Waals surface area contributed by atoms with Crippen LogP contribution in [0.1, 0.15) is 26.7 Å². The molecule has 0 aromatic carbocycles. The molecule has 3 atom stereocenters. The summed E-state index contributed by atoms with van der Waals surface area (Å²) in [5.74, 6) is -4.65. The second-order valence-electron chi connectivity index (χ2n) is 5.52. The van der Waals surface area contributed by atoms with E-state index in [0.29, 0.717) is 13.0 Å². The molecule has 7 heteroatoms. The Morgan fingerprint density at radius 3 is 2.27 bits per heavy atom. The Kier molecular flexibility index (Phi) is 6.30. The molecule has 0 unspecified atom stereocenters.